The number of amides is 1. The number of pyridine rings is 2. The number of nitrogens with zero attached hydrogens (tertiary/aromatic N) is 2. The van der Waals surface area contributed by atoms with E-state index >= 15 is 0 Å². The molecule has 1 aliphatic heterocycles. The van der Waals surface area contributed by atoms with Crippen molar-refractivity contribution in [1.82, 2.24) is 9.97 Å². The van der Waals surface area contributed by atoms with Crippen LogP contribution < -0.4 is 19.5 Å². The van der Waals surface area contributed by atoms with Gasteiger partial charge in [0.05, 0.1) is 23.8 Å². The fraction of sp³-hybridized carbons (Fsp3) is 0.370. The van der Waals surface area contributed by atoms with E-state index in [2.05, 4.69) is 19.8 Å². The zero-order valence-electron chi connectivity index (χ0n) is 21.2. The Kier molecular flexibility index (Phi) is 6.60. The summed E-state index contributed by atoms with van der Waals surface area (Å²) in [6, 6.07) is 8.23. The molecule has 1 N–H and O–H groups in total. The van der Waals surface area contributed by atoms with Crippen molar-refractivity contribution in [3.63, 3.8) is 0 Å². The Morgan fingerprint density at radius 2 is 1.78 bits per heavy atom. The largest absolute Gasteiger partial charge is 0.586 e. The van der Waals surface area contributed by atoms with Gasteiger partial charge in [0.15, 0.2) is 11.5 Å². The lowest BCUT2D eigenvalue weighted by Gasteiger charge is -2.18. The molecule has 0 atom stereocenters. The average molecular weight is 500 g/mol. The SMILES string of the molecule is CC.COc1ncc(C)cc1-c1nc(NC(=O)C2(c3ccc4c(c3)OC(F)(F)O4)CC2)cc(C)c1C.[HH]. The molecule has 0 bridgehead atoms. The molecule has 36 heavy (non-hydrogen) atoms. The maximum absolute atomic E-state index is 13.4. The Hall–Kier alpha value is -3.75. The van der Waals surface area contributed by atoms with Crippen molar-refractivity contribution in [3.8, 4) is 28.6 Å². The second-order valence-corrected chi connectivity index (χ2v) is 8.73. The summed E-state index contributed by atoms with van der Waals surface area (Å²) < 4.78 is 41.3. The van der Waals surface area contributed by atoms with E-state index in [0.717, 1.165) is 22.3 Å². The number of methoxy groups -OCH3 is 1. The van der Waals surface area contributed by atoms with E-state index in [1.165, 1.54) is 12.1 Å². The zero-order valence-corrected chi connectivity index (χ0v) is 21.2. The normalized spacial score (nSPS) is 16.0. The highest BCUT2D eigenvalue weighted by atomic mass is 19.3. The molecule has 0 radical (unpaired) electrons. The summed E-state index contributed by atoms with van der Waals surface area (Å²) in [5, 5.41) is 2.93. The third kappa shape index (κ3) is 4.57. The highest BCUT2D eigenvalue weighted by Crippen LogP contribution is 2.52. The molecule has 0 unspecified atom stereocenters. The van der Waals surface area contributed by atoms with E-state index < -0.39 is 11.7 Å². The number of hydrogen-bond donors (Lipinski definition) is 1. The number of ether oxygens (including phenoxy) is 3. The topological polar surface area (TPSA) is 82.6 Å². The van der Waals surface area contributed by atoms with Gasteiger partial charge in [-0.3, -0.25) is 4.79 Å². The molecular formula is C27H31F2N3O4. The lowest BCUT2D eigenvalue weighted by molar-refractivity contribution is -0.286. The predicted octanol–water partition coefficient (Wildman–Crippen LogP) is 6.34. The van der Waals surface area contributed by atoms with Gasteiger partial charge < -0.3 is 19.5 Å². The summed E-state index contributed by atoms with van der Waals surface area (Å²) in [6.07, 6.45) is -0.815. The van der Waals surface area contributed by atoms with Crippen molar-refractivity contribution in [2.45, 2.75) is 59.2 Å². The minimum Gasteiger partial charge on any atom is -0.481 e. The van der Waals surface area contributed by atoms with Crippen LogP contribution in [0.4, 0.5) is 14.6 Å². The number of aromatic nitrogens is 2. The zero-order chi connectivity index (χ0) is 26.3. The van der Waals surface area contributed by atoms with Gasteiger partial charge in [-0.1, -0.05) is 19.9 Å². The molecule has 2 aliphatic rings. The van der Waals surface area contributed by atoms with Crippen molar-refractivity contribution in [3.05, 3.63) is 58.8 Å². The Morgan fingerprint density at radius 1 is 1.08 bits per heavy atom. The number of halogens is 2. The molecule has 192 valence electrons. The summed E-state index contributed by atoms with van der Waals surface area (Å²) in [5.74, 6) is 0.456. The van der Waals surface area contributed by atoms with Crippen LogP contribution in [0.15, 0.2) is 36.5 Å². The molecule has 1 saturated carbocycles. The monoisotopic (exact) mass is 499 g/mol. The number of anilines is 1. The van der Waals surface area contributed by atoms with E-state index in [4.69, 9.17) is 9.72 Å². The highest BCUT2D eigenvalue weighted by Gasteiger charge is 2.53. The van der Waals surface area contributed by atoms with Crippen LogP contribution in [0.25, 0.3) is 11.3 Å². The number of benzene rings is 1. The first-order valence-electron chi connectivity index (χ1n) is 11.8. The molecule has 3 aromatic rings. The number of carbonyl (C=O) groups excluding carboxylic acids is 1. The Balaban J connectivity index is 0.00000124. The molecular weight excluding hydrogens is 468 g/mol. The molecule has 1 fully saturated rings. The van der Waals surface area contributed by atoms with Gasteiger partial charge in [-0.05, 0) is 80.1 Å². The molecule has 0 saturated heterocycles. The van der Waals surface area contributed by atoms with Crippen LogP contribution in [0, 0.1) is 20.8 Å². The van der Waals surface area contributed by atoms with E-state index in [1.54, 1.807) is 19.4 Å². The van der Waals surface area contributed by atoms with E-state index in [0.29, 0.717) is 35.8 Å². The van der Waals surface area contributed by atoms with E-state index in [1.807, 2.05) is 46.8 Å². The molecule has 7 nitrogen and oxygen atoms in total. The van der Waals surface area contributed by atoms with Gasteiger partial charge in [-0.15, -0.1) is 8.78 Å². The standard InChI is InChI=1S/C25H23F2N3O4.C2H6.H2/c1-13-9-17(22(32-4)28-12-13)21-15(3)14(2)10-20(29-21)30-23(31)24(7-8-24)16-5-6-18-19(11-16)34-25(26,27)33-18;1-2;/h5-6,9-12H,7-8H2,1-4H3,(H,29,30,31);1-2H3;1H. The van der Waals surface area contributed by atoms with Crippen LogP contribution in [0.1, 0.15) is 50.4 Å². The van der Waals surface area contributed by atoms with Gasteiger partial charge in [0.2, 0.25) is 11.8 Å². The lowest BCUT2D eigenvalue weighted by atomic mass is 9.94. The summed E-state index contributed by atoms with van der Waals surface area (Å²) in [4.78, 5) is 22.4. The average Bonchev–Trinajstić information content (AvgIpc) is 3.59. The van der Waals surface area contributed by atoms with Crippen LogP contribution in [0.5, 0.6) is 17.4 Å². The second kappa shape index (κ2) is 9.37. The Labute approximate surface area is 210 Å². The smallest absolute Gasteiger partial charge is 0.481 e. The fourth-order valence-electron chi connectivity index (χ4n) is 4.21. The van der Waals surface area contributed by atoms with E-state index in [-0.39, 0.29) is 18.8 Å². The Bertz CT molecular complexity index is 1330. The first-order chi connectivity index (χ1) is 17.1. The quantitative estimate of drug-likeness (QED) is 0.441. The summed E-state index contributed by atoms with van der Waals surface area (Å²) in [6.45, 7) is 9.83. The molecule has 1 aliphatic carbocycles. The minimum absolute atomic E-state index is 0. The Morgan fingerprint density at radius 3 is 2.44 bits per heavy atom. The van der Waals surface area contributed by atoms with Crippen molar-refractivity contribution in [2.75, 3.05) is 12.4 Å². The number of fused-ring (bicyclic) bond motifs is 1. The lowest BCUT2D eigenvalue weighted by Crippen LogP contribution is -2.28. The van der Waals surface area contributed by atoms with Crippen LogP contribution in [-0.2, 0) is 10.2 Å². The maximum atomic E-state index is 13.4. The van der Waals surface area contributed by atoms with Crippen molar-refractivity contribution in [1.29, 1.82) is 0 Å². The molecule has 3 heterocycles. The molecule has 1 aromatic carbocycles. The van der Waals surface area contributed by atoms with Gasteiger partial charge >= 0.3 is 6.29 Å². The number of aryl methyl sites for hydroxylation is 2. The van der Waals surface area contributed by atoms with Crippen molar-refractivity contribution in [2.24, 2.45) is 0 Å². The summed E-state index contributed by atoms with van der Waals surface area (Å²) in [7, 11) is 1.55. The minimum atomic E-state index is -3.70. The van der Waals surface area contributed by atoms with Crippen LogP contribution >= 0.6 is 0 Å². The number of alkyl halides is 2. The van der Waals surface area contributed by atoms with E-state index in [9.17, 15) is 13.6 Å². The maximum Gasteiger partial charge on any atom is 0.586 e. The number of hydrogen-bond acceptors (Lipinski definition) is 6. The van der Waals surface area contributed by atoms with Gasteiger partial charge in [0, 0.05) is 7.62 Å². The third-order valence-corrected chi connectivity index (χ3v) is 6.35. The van der Waals surface area contributed by atoms with Crippen LogP contribution in [0.2, 0.25) is 0 Å². The van der Waals surface area contributed by atoms with Crippen LogP contribution in [-0.4, -0.2) is 29.3 Å². The third-order valence-electron chi connectivity index (χ3n) is 6.35. The van der Waals surface area contributed by atoms with Crippen LogP contribution in [0.3, 0.4) is 0 Å². The summed E-state index contributed by atoms with van der Waals surface area (Å²) >= 11 is 0. The first-order valence-corrected chi connectivity index (χ1v) is 11.8. The molecule has 9 heteroatoms. The summed E-state index contributed by atoms with van der Waals surface area (Å²) in [5.41, 5.74) is 4.00. The molecule has 0 spiro atoms. The number of carbonyl (C=O) groups is 1. The second-order valence-electron chi connectivity index (χ2n) is 8.73. The molecule has 5 rings (SSSR count). The highest BCUT2D eigenvalue weighted by molar-refractivity contribution is 6.01. The predicted molar refractivity (Wildman–Crippen MR) is 134 cm³/mol. The molecule has 2 aromatic heterocycles. The fourth-order valence-corrected chi connectivity index (χ4v) is 4.21. The van der Waals surface area contributed by atoms with Gasteiger partial charge in [-0.2, -0.15) is 0 Å². The first kappa shape index (κ1) is 25.3. The number of rotatable bonds is 5. The number of nitrogens with one attached hydrogen (secondary N) is 1. The molecule has 1 amide bonds. The van der Waals surface area contributed by atoms with Gasteiger partial charge in [-0.25, -0.2) is 9.97 Å². The van der Waals surface area contributed by atoms with Gasteiger partial charge in [0.1, 0.15) is 5.82 Å². The van der Waals surface area contributed by atoms with Crippen molar-refractivity contribution >= 4 is 11.7 Å². The van der Waals surface area contributed by atoms with Crippen molar-refractivity contribution < 1.29 is 29.2 Å². The van der Waals surface area contributed by atoms with Gasteiger partial charge in [0.25, 0.3) is 0 Å².